The number of carbonyl (C=O) groups excluding carboxylic acids is 1. The van der Waals surface area contributed by atoms with Crippen LogP contribution in [0.15, 0.2) is 70.1 Å². The Labute approximate surface area is 226 Å². The normalized spacial score (nSPS) is 15.0. The lowest BCUT2D eigenvalue weighted by atomic mass is 10.1. The Hall–Kier alpha value is -2.81. The van der Waals surface area contributed by atoms with Gasteiger partial charge in [0.1, 0.15) is 17.9 Å². The van der Waals surface area contributed by atoms with Crippen LogP contribution in [0, 0.1) is 0 Å². The third kappa shape index (κ3) is 5.42. The van der Waals surface area contributed by atoms with Crippen LogP contribution < -0.4 is 4.74 Å². The van der Waals surface area contributed by atoms with Gasteiger partial charge in [-0.15, -0.1) is 11.8 Å². The van der Waals surface area contributed by atoms with Crippen molar-refractivity contribution < 1.29 is 13.7 Å². The second-order valence-electron chi connectivity index (χ2n) is 9.10. The number of aromatic nitrogens is 2. The summed E-state index contributed by atoms with van der Waals surface area (Å²) in [6.45, 7) is 0.284. The lowest BCUT2D eigenvalue weighted by molar-refractivity contribution is 0.103. The standard InChI is InChI=1S/C28H28ClN3O3S2/c1-32-28(35-18-19-10-11-20-8-4-5-9-21(20)16-19)23(17-30-32)27(33)22-12-13-24(36-2)26(25(22)29)31-37(34)14-6-3-7-15-37/h4-5,8-13,16-17H,3,6-7,14-15,18H2,1-2H3. The monoisotopic (exact) mass is 553 g/mol. The fourth-order valence-corrected chi connectivity index (χ4v) is 7.76. The number of halogens is 1. The molecular formula is C28H28ClN3O3S2. The molecule has 1 saturated heterocycles. The van der Waals surface area contributed by atoms with E-state index in [1.165, 1.54) is 18.0 Å². The van der Waals surface area contributed by atoms with Crippen molar-refractivity contribution in [3.05, 3.63) is 82.5 Å². The number of aryl methyl sites for hydroxylation is 1. The van der Waals surface area contributed by atoms with Crippen molar-refractivity contribution in [3.8, 4) is 5.88 Å². The molecule has 1 aliphatic heterocycles. The Balaban J connectivity index is 1.46. The number of nitrogens with zero attached hydrogens (tertiary/aromatic N) is 3. The number of fused-ring (bicyclic) bond motifs is 1. The molecule has 6 nitrogen and oxygen atoms in total. The topological polar surface area (TPSA) is 73.6 Å². The number of thioether (sulfide) groups is 1. The fraction of sp³-hybridized carbons (Fsp3) is 0.286. The summed E-state index contributed by atoms with van der Waals surface area (Å²) in [5.74, 6) is 1.17. The molecule has 1 aliphatic rings. The first-order chi connectivity index (χ1) is 17.9. The second-order valence-corrected chi connectivity index (χ2v) is 12.9. The zero-order chi connectivity index (χ0) is 26.0. The quantitative estimate of drug-likeness (QED) is 0.181. The lowest BCUT2D eigenvalue weighted by Crippen LogP contribution is -2.16. The zero-order valence-electron chi connectivity index (χ0n) is 20.8. The molecule has 0 spiro atoms. The zero-order valence-corrected chi connectivity index (χ0v) is 23.2. The highest BCUT2D eigenvalue weighted by atomic mass is 35.5. The summed E-state index contributed by atoms with van der Waals surface area (Å²) in [6, 6.07) is 17.8. The van der Waals surface area contributed by atoms with Crippen LogP contribution in [0.3, 0.4) is 0 Å². The van der Waals surface area contributed by atoms with E-state index in [2.05, 4.69) is 33.7 Å². The van der Waals surface area contributed by atoms with E-state index in [1.807, 2.05) is 30.5 Å². The van der Waals surface area contributed by atoms with Crippen LogP contribution in [0.1, 0.15) is 40.7 Å². The number of ketones is 1. The lowest BCUT2D eigenvalue weighted by Gasteiger charge is -2.17. The summed E-state index contributed by atoms with van der Waals surface area (Å²) in [5, 5.41) is 6.77. The Kier molecular flexibility index (Phi) is 7.60. The maximum Gasteiger partial charge on any atom is 0.223 e. The van der Waals surface area contributed by atoms with Crippen LogP contribution in [0.4, 0.5) is 5.69 Å². The number of benzene rings is 3. The number of carbonyl (C=O) groups is 1. The van der Waals surface area contributed by atoms with E-state index in [0.29, 0.717) is 34.2 Å². The summed E-state index contributed by atoms with van der Waals surface area (Å²) in [6.07, 6.45) is 6.26. The molecule has 0 N–H and O–H groups in total. The van der Waals surface area contributed by atoms with E-state index < -0.39 is 9.73 Å². The van der Waals surface area contributed by atoms with Gasteiger partial charge in [0.05, 0.1) is 20.9 Å². The van der Waals surface area contributed by atoms with Crippen molar-refractivity contribution in [2.24, 2.45) is 11.4 Å². The Bertz CT molecular complexity index is 1590. The largest absolute Gasteiger partial charge is 0.472 e. The molecule has 0 aliphatic carbocycles. The average Bonchev–Trinajstić information content (AvgIpc) is 3.28. The Morgan fingerprint density at radius 3 is 2.59 bits per heavy atom. The van der Waals surface area contributed by atoms with E-state index in [0.717, 1.165) is 40.5 Å². The van der Waals surface area contributed by atoms with Gasteiger partial charge in [-0.3, -0.25) is 4.79 Å². The Morgan fingerprint density at radius 1 is 1.08 bits per heavy atom. The average molecular weight is 554 g/mol. The smallest absolute Gasteiger partial charge is 0.223 e. The highest BCUT2D eigenvalue weighted by Crippen LogP contribution is 2.40. The van der Waals surface area contributed by atoms with E-state index in [9.17, 15) is 9.00 Å². The summed E-state index contributed by atoms with van der Waals surface area (Å²) < 4.78 is 25.7. The molecule has 37 heavy (non-hydrogen) atoms. The van der Waals surface area contributed by atoms with Gasteiger partial charge < -0.3 is 4.74 Å². The molecule has 1 aromatic heterocycles. The molecule has 2 heterocycles. The molecule has 0 radical (unpaired) electrons. The summed E-state index contributed by atoms with van der Waals surface area (Å²) >= 11 is 8.26. The van der Waals surface area contributed by atoms with Crippen LogP contribution >= 0.6 is 23.4 Å². The minimum absolute atomic E-state index is 0.217. The first-order valence-electron chi connectivity index (χ1n) is 12.1. The van der Waals surface area contributed by atoms with Crippen molar-refractivity contribution in [3.63, 3.8) is 0 Å². The molecule has 192 valence electrons. The van der Waals surface area contributed by atoms with Crippen LogP contribution in [0.2, 0.25) is 5.02 Å². The number of ether oxygens (including phenoxy) is 1. The van der Waals surface area contributed by atoms with E-state index in [1.54, 1.807) is 17.8 Å². The number of rotatable bonds is 7. The fourth-order valence-electron chi connectivity index (χ4n) is 4.54. The van der Waals surface area contributed by atoms with Crippen molar-refractivity contribution in [1.29, 1.82) is 0 Å². The third-order valence-electron chi connectivity index (χ3n) is 6.55. The molecule has 9 heteroatoms. The predicted molar refractivity (Wildman–Crippen MR) is 152 cm³/mol. The number of hydrogen-bond donors (Lipinski definition) is 0. The summed E-state index contributed by atoms with van der Waals surface area (Å²) in [7, 11) is -0.654. The summed E-state index contributed by atoms with van der Waals surface area (Å²) in [4.78, 5) is 14.5. The molecule has 4 aromatic rings. The summed E-state index contributed by atoms with van der Waals surface area (Å²) in [5.41, 5.74) is 2.03. The molecule has 1 fully saturated rings. The minimum Gasteiger partial charge on any atom is -0.472 e. The molecule has 0 amide bonds. The maximum atomic E-state index is 13.7. The van der Waals surface area contributed by atoms with Gasteiger partial charge in [0.15, 0.2) is 0 Å². The Morgan fingerprint density at radius 2 is 1.84 bits per heavy atom. The molecular weight excluding hydrogens is 526 g/mol. The first-order valence-corrected chi connectivity index (χ1v) is 15.6. The van der Waals surface area contributed by atoms with Gasteiger partial charge in [0.2, 0.25) is 11.7 Å². The van der Waals surface area contributed by atoms with Crippen LogP contribution in [-0.2, 0) is 23.4 Å². The van der Waals surface area contributed by atoms with Gasteiger partial charge in [0, 0.05) is 29.0 Å². The highest BCUT2D eigenvalue weighted by Gasteiger charge is 2.25. The maximum absolute atomic E-state index is 13.7. The van der Waals surface area contributed by atoms with Gasteiger partial charge in [0.25, 0.3) is 0 Å². The molecule has 0 bridgehead atoms. The molecule has 3 aromatic carbocycles. The van der Waals surface area contributed by atoms with Crippen molar-refractivity contribution >= 4 is 55.3 Å². The van der Waals surface area contributed by atoms with E-state index in [4.69, 9.17) is 16.3 Å². The van der Waals surface area contributed by atoms with Crippen LogP contribution in [-0.4, -0.2) is 37.5 Å². The third-order valence-corrected chi connectivity index (χ3v) is 10.1. The molecule has 5 rings (SSSR count). The second kappa shape index (κ2) is 10.9. The number of hydrogen-bond acceptors (Lipinski definition) is 6. The first kappa shape index (κ1) is 25.8. The van der Waals surface area contributed by atoms with E-state index >= 15 is 0 Å². The van der Waals surface area contributed by atoms with Crippen LogP contribution in [0.5, 0.6) is 5.88 Å². The van der Waals surface area contributed by atoms with Crippen molar-refractivity contribution in [2.75, 3.05) is 17.8 Å². The molecule has 0 atom stereocenters. The van der Waals surface area contributed by atoms with Crippen molar-refractivity contribution in [2.45, 2.75) is 30.8 Å². The molecule has 0 saturated carbocycles. The van der Waals surface area contributed by atoms with Gasteiger partial charge >= 0.3 is 0 Å². The van der Waals surface area contributed by atoms with Crippen molar-refractivity contribution in [1.82, 2.24) is 9.78 Å². The van der Waals surface area contributed by atoms with Gasteiger partial charge in [-0.2, -0.15) is 9.46 Å². The highest BCUT2D eigenvalue weighted by molar-refractivity contribution is 7.98. The minimum atomic E-state index is -2.39. The molecule has 0 unspecified atom stereocenters. The van der Waals surface area contributed by atoms with Gasteiger partial charge in [-0.1, -0.05) is 54.4 Å². The van der Waals surface area contributed by atoms with Gasteiger partial charge in [-0.25, -0.2) is 8.89 Å². The van der Waals surface area contributed by atoms with Gasteiger partial charge in [-0.05, 0) is 53.6 Å². The SMILES string of the molecule is CSc1ccc(C(=O)c2cnn(C)c2OCc2ccc3ccccc3c2)c(Cl)c1N=S1(=O)CCCCC1. The van der Waals surface area contributed by atoms with Crippen LogP contribution in [0.25, 0.3) is 10.8 Å². The van der Waals surface area contributed by atoms with E-state index in [-0.39, 0.29) is 17.4 Å². The predicted octanol–water partition coefficient (Wildman–Crippen LogP) is 7.04.